The molecule has 514 valence electrons. The highest BCUT2D eigenvalue weighted by molar-refractivity contribution is 5.82. The largest absolute Gasteiger partial charge is 0.451 e. The number of allylic oxidation sites excluding steroid dienone is 3. The van der Waals surface area contributed by atoms with Crippen molar-refractivity contribution in [1.82, 2.24) is 0 Å². The molecule has 0 aromatic heterocycles. The number of aliphatic hydroxyl groups is 15. The number of fused-ring (bicyclic) bond motifs is 7. The Balaban J connectivity index is 0.896. The third-order valence-electron chi connectivity index (χ3n) is 23.4. The molecule has 0 bridgehead atoms. The molecule has 35 atom stereocenters. The molecular formula is C62H98O28. The van der Waals surface area contributed by atoms with Gasteiger partial charge in [-0.15, -0.1) is 0 Å². The summed E-state index contributed by atoms with van der Waals surface area (Å²) >= 11 is 0. The number of esters is 2. The molecule has 0 spiro atoms. The maximum atomic E-state index is 15.7. The molecule has 15 N–H and O–H groups in total. The molecule has 90 heavy (non-hydrogen) atoms. The number of ether oxygens (including phenoxy) is 11. The van der Waals surface area contributed by atoms with Gasteiger partial charge in [0.15, 0.2) is 43.7 Å². The third kappa shape index (κ3) is 11.7. The lowest BCUT2D eigenvalue weighted by Gasteiger charge is -2.72. The van der Waals surface area contributed by atoms with Crippen molar-refractivity contribution in [2.45, 2.75) is 287 Å². The Labute approximate surface area is 522 Å². The van der Waals surface area contributed by atoms with Gasteiger partial charge < -0.3 is 129 Å². The van der Waals surface area contributed by atoms with Crippen molar-refractivity contribution in [3.63, 3.8) is 0 Å². The molecule has 10 aliphatic rings. The number of carbonyl (C=O) groups excluding carboxylic acids is 2. The topological polar surface area (TPSA) is 439 Å². The van der Waals surface area contributed by atoms with E-state index in [-0.39, 0.29) is 36.5 Å². The van der Waals surface area contributed by atoms with Gasteiger partial charge in [0.05, 0.1) is 49.8 Å². The highest BCUT2D eigenvalue weighted by atomic mass is 16.8. The second-order valence-electron chi connectivity index (χ2n) is 29.3. The minimum absolute atomic E-state index is 0.0674. The maximum absolute atomic E-state index is 15.7. The van der Waals surface area contributed by atoms with Gasteiger partial charge in [0.1, 0.15) is 84.8 Å². The van der Waals surface area contributed by atoms with E-state index >= 15 is 4.79 Å². The van der Waals surface area contributed by atoms with E-state index in [4.69, 9.17) is 52.1 Å². The van der Waals surface area contributed by atoms with Crippen LogP contribution in [0.2, 0.25) is 0 Å². The Kier molecular flexibility index (Phi) is 20.1. The van der Waals surface area contributed by atoms with E-state index in [2.05, 4.69) is 40.7 Å². The summed E-state index contributed by atoms with van der Waals surface area (Å²) in [6.45, 7) is 17.4. The van der Waals surface area contributed by atoms with E-state index in [0.717, 1.165) is 11.6 Å². The highest BCUT2D eigenvalue weighted by Crippen LogP contribution is 2.76. The zero-order valence-electron chi connectivity index (χ0n) is 52.6. The van der Waals surface area contributed by atoms with Crippen LogP contribution in [0.1, 0.15) is 121 Å². The monoisotopic (exact) mass is 1290 g/mol. The maximum Gasteiger partial charge on any atom is 0.330 e. The summed E-state index contributed by atoms with van der Waals surface area (Å²) in [5.41, 5.74) is -4.26. The van der Waals surface area contributed by atoms with E-state index in [0.29, 0.717) is 32.1 Å². The molecule has 0 amide bonds. The van der Waals surface area contributed by atoms with Crippen molar-refractivity contribution < 1.29 is 138 Å². The van der Waals surface area contributed by atoms with Crippen molar-refractivity contribution >= 4 is 11.9 Å². The Morgan fingerprint density at radius 3 is 1.76 bits per heavy atom. The Morgan fingerprint density at radius 1 is 0.567 bits per heavy atom. The predicted molar refractivity (Wildman–Crippen MR) is 303 cm³/mol. The summed E-state index contributed by atoms with van der Waals surface area (Å²) in [6.07, 6.45) is -36.6. The molecule has 28 heteroatoms. The molecule has 0 radical (unpaired) electrons. The zero-order valence-corrected chi connectivity index (χ0v) is 52.6. The van der Waals surface area contributed by atoms with Gasteiger partial charge in [-0.2, -0.15) is 0 Å². The van der Waals surface area contributed by atoms with Crippen molar-refractivity contribution in [2.75, 3.05) is 13.2 Å². The average Bonchev–Trinajstić information content (AvgIpc) is 0.672. The van der Waals surface area contributed by atoms with Crippen LogP contribution in [0.15, 0.2) is 23.8 Å². The second-order valence-corrected chi connectivity index (χ2v) is 29.3. The van der Waals surface area contributed by atoms with Gasteiger partial charge in [-0.05, 0) is 118 Å². The minimum atomic E-state index is -2.16. The smallest absolute Gasteiger partial charge is 0.330 e. The van der Waals surface area contributed by atoms with Crippen LogP contribution in [-0.2, 0) is 61.7 Å². The molecule has 0 aromatic rings. The van der Waals surface area contributed by atoms with Crippen LogP contribution in [-0.4, -0.2) is 268 Å². The normalized spacial score (nSPS) is 54.5. The SMILES string of the molecule is C/C=C/C(=O)O[C@@H]1[C@H](O)[C@@H](O[C@@H]2O[C@@H](C)[C@H](O[C@@H]3OC[C@@H](O)[C@H](O[C@@H]4O[C@@H](C)[C@H](O)[C@@H](O)[C@H]4O)[C@H]3O)[C@@H](O)[C@H]2O)[C@H](OC(=O)[C@]23CCC(C)(C)C[C@H]2C2=CC[C@@H]4[C@@]5(C)C[C@H](O)[C@@H](O[C@@H]6O[C@@H](C)[C@H](O)[C@@H](O)[C@H]6O)[C@@](C)(CO)[C@@H]5CC[C@@]4(C)[C@]2(C)C[C@H]3O)O[C@@H]1O. The van der Waals surface area contributed by atoms with E-state index in [1.807, 2.05) is 6.92 Å². The lowest BCUT2D eigenvalue weighted by atomic mass is 9.33. The fourth-order valence-corrected chi connectivity index (χ4v) is 18.0. The summed E-state index contributed by atoms with van der Waals surface area (Å²) in [7, 11) is 0. The summed E-state index contributed by atoms with van der Waals surface area (Å²) in [6, 6.07) is 0. The summed E-state index contributed by atoms with van der Waals surface area (Å²) < 4.78 is 64.8. The molecule has 0 aromatic carbocycles. The van der Waals surface area contributed by atoms with Crippen molar-refractivity contribution in [2.24, 2.45) is 50.2 Å². The van der Waals surface area contributed by atoms with E-state index in [1.165, 1.54) is 33.8 Å². The van der Waals surface area contributed by atoms with Crippen LogP contribution in [0.3, 0.4) is 0 Å². The van der Waals surface area contributed by atoms with E-state index in [1.54, 1.807) is 0 Å². The molecule has 5 heterocycles. The first kappa shape index (κ1) is 70.3. The first-order chi connectivity index (χ1) is 42.0. The number of rotatable bonds is 13. The van der Waals surface area contributed by atoms with Crippen LogP contribution in [0.4, 0.5) is 0 Å². The second kappa shape index (κ2) is 25.8. The van der Waals surface area contributed by atoms with Crippen LogP contribution in [0, 0.1) is 50.2 Å². The lowest BCUT2D eigenvalue weighted by molar-refractivity contribution is -0.390. The van der Waals surface area contributed by atoms with Gasteiger partial charge in [0, 0.05) is 11.5 Å². The number of aliphatic hydroxyl groups excluding tert-OH is 15. The lowest BCUT2D eigenvalue weighted by Crippen LogP contribution is -2.70. The number of carbonyl (C=O) groups is 2. The van der Waals surface area contributed by atoms with Gasteiger partial charge in [-0.25, -0.2) is 4.79 Å². The molecule has 10 rings (SSSR count). The Bertz CT molecular complexity index is 2610. The predicted octanol–water partition coefficient (Wildman–Crippen LogP) is -2.49. The van der Waals surface area contributed by atoms with Gasteiger partial charge in [0.2, 0.25) is 6.29 Å². The van der Waals surface area contributed by atoms with Gasteiger partial charge in [-0.1, -0.05) is 59.3 Å². The summed E-state index contributed by atoms with van der Waals surface area (Å²) in [4.78, 5) is 28.6. The fraction of sp³-hybridized carbons (Fsp3) is 0.903. The van der Waals surface area contributed by atoms with E-state index in [9.17, 15) is 81.4 Å². The van der Waals surface area contributed by atoms with Crippen LogP contribution in [0.5, 0.6) is 0 Å². The molecule has 0 unspecified atom stereocenters. The van der Waals surface area contributed by atoms with Crippen LogP contribution < -0.4 is 0 Å². The standard InChI is InChI=1S/C62H98O28/c1-11-12-34(67)84-47-43(76)48(87-53-42(75)39(72)45(26(4)83-53)85-51-44(77)46(30(65)22-80-51)86-52-40(73)37(70)35(68)24(2)81-52)55(89-50(47)78)90-56(79)62-18-17-57(5,6)19-28(62)27-13-14-32-58(7)20-29(64)49(88-54-41(74)38(71)36(69)25(3)82-54)59(8,23-63)31(58)15-16-60(32,9)61(27,10)21-33(62)66/h11-13,24-26,28-33,35-55,63-66,68-78H,14-23H2,1-10H3/b12-11+/t24-,25-,26-,28-,29-,30+,31+,32+,33+,35-,36-,37+,38+,39-,40+,41+,42+,43-,44+,45-,46-,47+,48+,49+,50-,51-,52-,53-,54-,55-,58-,59-,60+,61+,62+/m0/s1. The molecule has 5 aliphatic carbocycles. The zero-order chi connectivity index (χ0) is 66.0. The summed E-state index contributed by atoms with van der Waals surface area (Å²) in [5, 5.41) is 169. The van der Waals surface area contributed by atoms with Crippen LogP contribution >= 0.6 is 0 Å². The van der Waals surface area contributed by atoms with Gasteiger partial charge >= 0.3 is 11.9 Å². The fourth-order valence-electron chi connectivity index (χ4n) is 18.0. The number of hydrogen-bond donors (Lipinski definition) is 15. The average molecular weight is 1290 g/mol. The summed E-state index contributed by atoms with van der Waals surface area (Å²) in [5.74, 6) is -3.07. The van der Waals surface area contributed by atoms with Crippen LogP contribution in [0.25, 0.3) is 0 Å². The first-order valence-electron chi connectivity index (χ1n) is 31.8. The van der Waals surface area contributed by atoms with Crippen molar-refractivity contribution in [3.05, 3.63) is 23.8 Å². The highest BCUT2D eigenvalue weighted by Gasteiger charge is 2.73. The first-order valence-corrected chi connectivity index (χ1v) is 31.8. The molecule has 5 aliphatic heterocycles. The molecule has 28 nitrogen and oxygen atoms in total. The van der Waals surface area contributed by atoms with Crippen molar-refractivity contribution in [1.29, 1.82) is 0 Å². The molecule has 4 saturated carbocycles. The molecule has 5 saturated heterocycles. The van der Waals surface area contributed by atoms with E-state index < -0.39 is 224 Å². The Morgan fingerprint density at radius 2 is 1.14 bits per heavy atom. The molecule has 9 fully saturated rings. The third-order valence-corrected chi connectivity index (χ3v) is 23.4. The minimum Gasteiger partial charge on any atom is -0.451 e. The quantitative estimate of drug-likeness (QED) is 0.0393. The van der Waals surface area contributed by atoms with Crippen molar-refractivity contribution in [3.8, 4) is 0 Å². The number of hydrogen-bond acceptors (Lipinski definition) is 28. The molecular weight excluding hydrogens is 1190 g/mol. The van der Waals surface area contributed by atoms with Gasteiger partial charge in [0.25, 0.3) is 0 Å². The van der Waals surface area contributed by atoms with Gasteiger partial charge in [-0.3, -0.25) is 4.79 Å². The Hall–Kier alpha value is -2.54.